The summed E-state index contributed by atoms with van der Waals surface area (Å²) >= 11 is 5.70. The van der Waals surface area contributed by atoms with Crippen LogP contribution in [0.5, 0.6) is 0 Å². The lowest BCUT2D eigenvalue weighted by molar-refractivity contribution is -0.116. The first-order valence-electron chi connectivity index (χ1n) is 6.83. The van der Waals surface area contributed by atoms with Gasteiger partial charge in [0.15, 0.2) is 0 Å². The van der Waals surface area contributed by atoms with Crippen molar-refractivity contribution < 1.29 is 9.18 Å². The lowest BCUT2D eigenvalue weighted by atomic mass is 10.2. The zero-order valence-corrected chi connectivity index (χ0v) is 12.7. The maximum atomic E-state index is 13.1. The Labute approximate surface area is 132 Å². The maximum Gasteiger partial charge on any atom is 0.244 e. The van der Waals surface area contributed by atoms with Gasteiger partial charge < -0.3 is 9.88 Å². The number of benzene rings is 2. The SMILES string of the molecule is Cc1ccc2c(ccn2CC(=O)Nc2ccc(F)c(Cl)c2)c1. The van der Waals surface area contributed by atoms with Gasteiger partial charge in [-0.3, -0.25) is 4.79 Å². The van der Waals surface area contributed by atoms with Crippen molar-refractivity contribution in [2.75, 3.05) is 5.32 Å². The molecule has 3 aromatic rings. The van der Waals surface area contributed by atoms with Crippen molar-refractivity contribution in [2.45, 2.75) is 13.5 Å². The van der Waals surface area contributed by atoms with Crippen LogP contribution in [-0.4, -0.2) is 10.5 Å². The van der Waals surface area contributed by atoms with Crippen molar-refractivity contribution in [1.82, 2.24) is 4.57 Å². The maximum absolute atomic E-state index is 13.1. The number of rotatable bonds is 3. The van der Waals surface area contributed by atoms with Gasteiger partial charge in [-0.05, 0) is 48.7 Å². The summed E-state index contributed by atoms with van der Waals surface area (Å²) in [4.78, 5) is 12.1. The minimum Gasteiger partial charge on any atom is -0.338 e. The second kappa shape index (κ2) is 5.81. The molecule has 0 radical (unpaired) electrons. The molecule has 22 heavy (non-hydrogen) atoms. The molecular formula is C17H14ClFN2O. The minimum atomic E-state index is -0.508. The zero-order chi connectivity index (χ0) is 15.7. The number of nitrogens with zero attached hydrogens (tertiary/aromatic N) is 1. The number of aromatic nitrogens is 1. The third kappa shape index (κ3) is 2.97. The minimum absolute atomic E-state index is 0.0142. The van der Waals surface area contributed by atoms with E-state index in [0.29, 0.717) is 5.69 Å². The molecule has 3 nitrogen and oxygen atoms in total. The van der Waals surface area contributed by atoms with Gasteiger partial charge in [0.2, 0.25) is 5.91 Å². The second-order valence-corrected chi connectivity index (χ2v) is 5.59. The lowest BCUT2D eigenvalue weighted by Crippen LogP contribution is -2.18. The number of amides is 1. The van der Waals surface area contributed by atoms with E-state index in [0.717, 1.165) is 10.9 Å². The summed E-state index contributed by atoms with van der Waals surface area (Å²) in [5.74, 6) is -0.702. The van der Waals surface area contributed by atoms with Gasteiger partial charge in [0.05, 0.1) is 5.02 Å². The molecule has 112 valence electrons. The van der Waals surface area contributed by atoms with Gasteiger partial charge in [-0.25, -0.2) is 4.39 Å². The molecule has 2 aromatic carbocycles. The largest absolute Gasteiger partial charge is 0.338 e. The van der Waals surface area contributed by atoms with Crippen LogP contribution in [-0.2, 0) is 11.3 Å². The Morgan fingerprint density at radius 1 is 1.23 bits per heavy atom. The van der Waals surface area contributed by atoms with Crippen LogP contribution in [0, 0.1) is 12.7 Å². The molecule has 0 saturated carbocycles. The molecular weight excluding hydrogens is 303 g/mol. The summed E-state index contributed by atoms with van der Waals surface area (Å²) in [5, 5.41) is 3.79. The predicted molar refractivity (Wildman–Crippen MR) is 86.7 cm³/mol. The molecule has 1 amide bonds. The van der Waals surface area contributed by atoms with E-state index in [1.165, 1.54) is 23.8 Å². The van der Waals surface area contributed by atoms with Gasteiger partial charge in [0, 0.05) is 17.4 Å². The van der Waals surface area contributed by atoms with Gasteiger partial charge in [0.1, 0.15) is 12.4 Å². The number of carbonyl (C=O) groups excluding carboxylic acids is 1. The molecule has 1 N–H and O–H groups in total. The highest BCUT2D eigenvalue weighted by Crippen LogP contribution is 2.20. The highest BCUT2D eigenvalue weighted by Gasteiger charge is 2.08. The van der Waals surface area contributed by atoms with E-state index < -0.39 is 5.82 Å². The van der Waals surface area contributed by atoms with E-state index in [2.05, 4.69) is 11.4 Å². The van der Waals surface area contributed by atoms with Crippen LogP contribution < -0.4 is 5.32 Å². The van der Waals surface area contributed by atoms with E-state index in [1.807, 2.05) is 35.9 Å². The van der Waals surface area contributed by atoms with Crippen molar-refractivity contribution in [1.29, 1.82) is 0 Å². The summed E-state index contributed by atoms with van der Waals surface area (Å²) in [6.45, 7) is 2.21. The summed E-state index contributed by atoms with van der Waals surface area (Å²) < 4.78 is 15.0. The van der Waals surface area contributed by atoms with Crippen molar-refractivity contribution >= 4 is 34.1 Å². The molecule has 0 unspecified atom stereocenters. The topological polar surface area (TPSA) is 34.0 Å². The molecule has 0 atom stereocenters. The van der Waals surface area contributed by atoms with Crippen LogP contribution in [0.3, 0.4) is 0 Å². The number of hydrogen-bond donors (Lipinski definition) is 1. The van der Waals surface area contributed by atoms with Crippen molar-refractivity contribution in [3.8, 4) is 0 Å². The smallest absolute Gasteiger partial charge is 0.244 e. The highest BCUT2D eigenvalue weighted by molar-refractivity contribution is 6.31. The Kier molecular flexibility index (Phi) is 3.86. The summed E-state index contributed by atoms with van der Waals surface area (Å²) in [6, 6.07) is 12.2. The Morgan fingerprint density at radius 2 is 2.05 bits per heavy atom. The van der Waals surface area contributed by atoms with Crippen molar-refractivity contribution in [2.24, 2.45) is 0 Å². The molecule has 0 fully saturated rings. The molecule has 3 rings (SSSR count). The van der Waals surface area contributed by atoms with E-state index in [1.54, 1.807) is 0 Å². The molecule has 1 heterocycles. The molecule has 0 aliphatic rings. The summed E-state index contributed by atoms with van der Waals surface area (Å²) in [7, 11) is 0. The summed E-state index contributed by atoms with van der Waals surface area (Å²) in [6.07, 6.45) is 1.88. The van der Waals surface area contributed by atoms with Crippen LogP contribution in [0.1, 0.15) is 5.56 Å². The first-order valence-corrected chi connectivity index (χ1v) is 7.21. The quantitative estimate of drug-likeness (QED) is 0.764. The highest BCUT2D eigenvalue weighted by atomic mass is 35.5. The molecule has 1 aromatic heterocycles. The zero-order valence-electron chi connectivity index (χ0n) is 11.9. The predicted octanol–water partition coefficient (Wildman–Crippen LogP) is 4.38. The standard InChI is InChI=1S/C17H14ClFN2O/c1-11-2-5-16-12(8-11)6-7-21(16)10-17(22)20-13-3-4-15(19)14(18)9-13/h2-9H,10H2,1H3,(H,20,22). The monoisotopic (exact) mass is 316 g/mol. The van der Waals surface area contributed by atoms with Crippen molar-refractivity contribution in [3.05, 3.63) is 65.1 Å². The molecule has 0 aliphatic carbocycles. The molecule has 5 heteroatoms. The average Bonchev–Trinajstić information content (AvgIpc) is 2.85. The third-order valence-electron chi connectivity index (χ3n) is 3.44. The number of carbonyl (C=O) groups is 1. The normalized spacial score (nSPS) is 10.9. The van der Waals surface area contributed by atoms with Crippen LogP contribution in [0.2, 0.25) is 5.02 Å². The Bertz CT molecular complexity index is 857. The molecule has 0 aliphatic heterocycles. The van der Waals surface area contributed by atoms with Crippen LogP contribution in [0.15, 0.2) is 48.7 Å². The van der Waals surface area contributed by atoms with Gasteiger partial charge in [-0.15, -0.1) is 0 Å². The first-order chi connectivity index (χ1) is 10.5. The molecule has 0 bridgehead atoms. The Morgan fingerprint density at radius 3 is 2.82 bits per heavy atom. The van der Waals surface area contributed by atoms with Crippen LogP contribution in [0.4, 0.5) is 10.1 Å². The number of fused-ring (bicyclic) bond motifs is 1. The second-order valence-electron chi connectivity index (χ2n) is 5.18. The van der Waals surface area contributed by atoms with Crippen molar-refractivity contribution in [3.63, 3.8) is 0 Å². The van der Waals surface area contributed by atoms with E-state index in [4.69, 9.17) is 11.6 Å². The van der Waals surface area contributed by atoms with Gasteiger partial charge in [-0.2, -0.15) is 0 Å². The Balaban J connectivity index is 1.76. The number of aryl methyl sites for hydroxylation is 1. The van der Waals surface area contributed by atoms with Gasteiger partial charge in [0.25, 0.3) is 0 Å². The van der Waals surface area contributed by atoms with Crippen LogP contribution in [0.25, 0.3) is 10.9 Å². The number of halogens is 2. The fourth-order valence-corrected chi connectivity index (χ4v) is 2.57. The van der Waals surface area contributed by atoms with Gasteiger partial charge in [-0.1, -0.05) is 23.2 Å². The van der Waals surface area contributed by atoms with E-state index in [9.17, 15) is 9.18 Å². The summed E-state index contributed by atoms with van der Waals surface area (Å²) in [5.41, 5.74) is 2.65. The van der Waals surface area contributed by atoms with E-state index in [-0.39, 0.29) is 17.5 Å². The number of hydrogen-bond acceptors (Lipinski definition) is 1. The lowest BCUT2D eigenvalue weighted by Gasteiger charge is -2.08. The first kappa shape index (κ1) is 14.6. The number of nitrogens with one attached hydrogen (secondary N) is 1. The number of anilines is 1. The van der Waals surface area contributed by atoms with Crippen LogP contribution >= 0.6 is 11.6 Å². The molecule has 0 saturated heterocycles. The van der Waals surface area contributed by atoms with E-state index >= 15 is 0 Å². The Hall–Kier alpha value is -2.33. The fraction of sp³-hybridized carbons (Fsp3) is 0.118. The molecule has 0 spiro atoms. The van der Waals surface area contributed by atoms with Gasteiger partial charge >= 0.3 is 0 Å². The fourth-order valence-electron chi connectivity index (χ4n) is 2.39. The average molecular weight is 317 g/mol. The third-order valence-corrected chi connectivity index (χ3v) is 3.73.